The van der Waals surface area contributed by atoms with Gasteiger partial charge in [0.05, 0.1) is 12.7 Å². The van der Waals surface area contributed by atoms with Crippen molar-refractivity contribution in [3.8, 4) is 0 Å². The van der Waals surface area contributed by atoms with Crippen molar-refractivity contribution < 1.29 is 0 Å². The molecule has 1 unspecified atom stereocenters. The predicted molar refractivity (Wildman–Crippen MR) is 49.5 cm³/mol. The third kappa shape index (κ3) is 1.08. The highest BCUT2D eigenvalue weighted by atomic mass is 15.4. The molecule has 0 aromatic heterocycles. The molecule has 0 aliphatic carbocycles. The van der Waals surface area contributed by atoms with Gasteiger partial charge in [-0.2, -0.15) is 0 Å². The Kier molecular flexibility index (Phi) is 1.76. The van der Waals surface area contributed by atoms with Crippen LogP contribution < -0.4 is 0 Å². The fraction of sp³-hybridized carbons (Fsp3) is 0.778. The van der Waals surface area contributed by atoms with Crippen LogP contribution in [0.1, 0.15) is 6.92 Å². The van der Waals surface area contributed by atoms with E-state index in [2.05, 4.69) is 41.9 Å². The highest BCUT2D eigenvalue weighted by Gasteiger charge is 2.31. The van der Waals surface area contributed by atoms with E-state index in [-0.39, 0.29) is 0 Å². The molecule has 0 aromatic rings. The molecule has 3 aliphatic rings. The third-order valence-electron chi connectivity index (χ3n) is 2.80. The molecule has 3 aliphatic heterocycles. The van der Waals surface area contributed by atoms with Crippen molar-refractivity contribution in [2.75, 3.05) is 33.7 Å². The number of hydrogen-bond acceptors (Lipinski definition) is 3. The van der Waals surface area contributed by atoms with Crippen LogP contribution in [0.2, 0.25) is 0 Å². The van der Waals surface area contributed by atoms with E-state index in [0.29, 0.717) is 6.17 Å². The third-order valence-corrected chi connectivity index (χ3v) is 2.80. The van der Waals surface area contributed by atoms with Gasteiger partial charge < -0.3 is 9.80 Å². The summed E-state index contributed by atoms with van der Waals surface area (Å²) in [4.78, 5) is 7.20. The van der Waals surface area contributed by atoms with Crippen molar-refractivity contribution in [2.24, 2.45) is 0 Å². The normalized spacial score (nSPS) is 28.3. The number of likely N-dealkylation sites (N-methyl/N-ethyl adjacent to an activating group) is 1. The fourth-order valence-electron chi connectivity index (χ4n) is 2.09. The molecule has 0 saturated carbocycles. The predicted octanol–water partition coefficient (Wildman–Crippen LogP) is 0.367. The van der Waals surface area contributed by atoms with Crippen LogP contribution in [0.3, 0.4) is 0 Å². The van der Waals surface area contributed by atoms with Gasteiger partial charge in [0.2, 0.25) is 0 Å². The lowest BCUT2D eigenvalue weighted by atomic mass is 10.2. The van der Waals surface area contributed by atoms with Crippen LogP contribution in [-0.4, -0.2) is 54.6 Å². The number of hydrogen-bond donors (Lipinski definition) is 0. The molecule has 0 N–H and O–H groups in total. The molecule has 2 bridgehead atoms. The van der Waals surface area contributed by atoms with E-state index < -0.39 is 0 Å². The van der Waals surface area contributed by atoms with Gasteiger partial charge in [-0.25, -0.2) is 0 Å². The first kappa shape index (κ1) is 7.92. The molecular weight excluding hydrogens is 150 g/mol. The summed E-state index contributed by atoms with van der Waals surface area (Å²) in [6.45, 7) is 5.74. The summed E-state index contributed by atoms with van der Waals surface area (Å²) in [5.74, 6) is 0. The van der Waals surface area contributed by atoms with E-state index in [0.717, 1.165) is 6.54 Å². The lowest BCUT2D eigenvalue weighted by molar-refractivity contribution is 0.0199. The molecular formula is C9H17N3. The molecule has 3 nitrogen and oxygen atoms in total. The lowest BCUT2D eigenvalue weighted by Gasteiger charge is -2.50. The SMILES string of the molecule is CC1=CN2CCN1C(N(C)C)C2. The molecule has 12 heavy (non-hydrogen) atoms. The molecule has 1 saturated heterocycles. The second-order valence-electron chi connectivity index (χ2n) is 3.90. The number of rotatable bonds is 1. The van der Waals surface area contributed by atoms with E-state index in [9.17, 15) is 0 Å². The van der Waals surface area contributed by atoms with Crippen LogP contribution in [0.4, 0.5) is 0 Å². The molecule has 0 amide bonds. The van der Waals surface area contributed by atoms with Crippen molar-refractivity contribution in [2.45, 2.75) is 13.1 Å². The largest absolute Gasteiger partial charge is 0.371 e. The minimum Gasteiger partial charge on any atom is -0.371 e. The Morgan fingerprint density at radius 3 is 2.58 bits per heavy atom. The van der Waals surface area contributed by atoms with Gasteiger partial charge in [-0.05, 0) is 21.0 Å². The van der Waals surface area contributed by atoms with Gasteiger partial charge in [0.15, 0.2) is 0 Å². The molecule has 68 valence electrons. The van der Waals surface area contributed by atoms with Crippen LogP contribution in [0.5, 0.6) is 0 Å². The number of piperazine rings is 1. The maximum Gasteiger partial charge on any atom is 0.0992 e. The van der Waals surface area contributed by atoms with Gasteiger partial charge in [-0.3, -0.25) is 4.90 Å². The molecule has 1 fully saturated rings. The second-order valence-corrected chi connectivity index (χ2v) is 3.90. The molecule has 3 heteroatoms. The Bertz CT molecular complexity index is 210. The van der Waals surface area contributed by atoms with Crippen molar-refractivity contribution in [3.63, 3.8) is 0 Å². The minimum atomic E-state index is 0.587. The monoisotopic (exact) mass is 167 g/mol. The van der Waals surface area contributed by atoms with Gasteiger partial charge >= 0.3 is 0 Å². The average molecular weight is 167 g/mol. The lowest BCUT2D eigenvalue weighted by Crippen LogP contribution is -2.59. The highest BCUT2D eigenvalue weighted by Crippen LogP contribution is 2.23. The molecule has 3 heterocycles. The van der Waals surface area contributed by atoms with Crippen molar-refractivity contribution in [1.82, 2.24) is 14.7 Å². The summed E-state index contributed by atoms with van der Waals surface area (Å²) in [5.41, 5.74) is 1.41. The Morgan fingerprint density at radius 2 is 2.17 bits per heavy atom. The average Bonchev–Trinajstić information content (AvgIpc) is 2.04. The number of allylic oxidation sites excluding steroid dienone is 1. The molecule has 3 rings (SSSR count). The van der Waals surface area contributed by atoms with Crippen molar-refractivity contribution >= 4 is 0 Å². The van der Waals surface area contributed by atoms with E-state index in [4.69, 9.17) is 0 Å². The molecule has 0 spiro atoms. The second kappa shape index (κ2) is 2.66. The molecule has 0 radical (unpaired) electrons. The minimum absolute atomic E-state index is 0.587. The number of nitrogens with zero attached hydrogens (tertiary/aromatic N) is 3. The van der Waals surface area contributed by atoms with Crippen LogP contribution in [0, 0.1) is 0 Å². The van der Waals surface area contributed by atoms with Gasteiger partial charge in [0.1, 0.15) is 0 Å². The van der Waals surface area contributed by atoms with E-state index in [1.807, 2.05) is 0 Å². The Morgan fingerprint density at radius 1 is 1.42 bits per heavy atom. The van der Waals surface area contributed by atoms with Gasteiger partial charge in [-0.1, -0.05) is 0 Å². The zero-order valence-corrected chi connectivity index (χ0v) is 8.12. The summed E-state index contributed by atoms with van der Waals surface area (Å²) in [6, 6.07) is 0. The summed E-state index contributed by atoms with van der Waals surface area (Å²) < 4.78 is 0. The quantitative estimate of drug-likeness (QED) is 0.558. The summed E-state index contributed by atoms with van der Waals surface area (Å²) in [7, 11) is 4.31. The first-order valence-electron chi connectivity index (χ1n) is 4.54. The summed E-state index contributed by atoms with van der Waals surface area (Å²) >= 11 is 0. The van der Waals surface area contributed by atoms with E-state index in [1.165, 1.54) is 18.8 Å². The molecule has 0 aromatic carbocycles. The van der Waals surface area contributed by atoms with Crippen LogP contribution in [0.15, 0.2) is 11.9 Å². The Hall–Kier alpha value is -0.700. The fourth-order valence-corrected chi connectivity index (χ4v) is 2.09. The van der Waals surface area contributed by atoms with Crippen LogP contribution in [0.25, 0.3) is 0 Å². The van der Waals surface area contributed by atoms with Crippen molar-refractivity contribution in [3.05, 3.63) is 11.9 Å². The maximum atomic E-state index is 2.49. The topological polar surface area (TPSA) is 9.72 Å². The summed E-state index contributed by atoms with van der Waals surface area (Å²) in [6.07, 6.45) is 2.85. The van der Waals surface area contributed by atoms with Gasteiger partial charge in [0.25, 0.3) is 0 Å². The van der Waals surface area contributed by atoms with E-state index >= 15 is 0 Å². The van der Waals surface area contributed by atoms with Gasteiger partial charge in [0, 0.05) is 25.0 Å². The molecule has 1 atom stereocenters. The highest BCUT2D eigenvalue weighted by molar-refractivity contribution is 5.08. The summed E-state index contributed by atoms with van der Waals surface area (Å²) in [5, 5.41) is 0. The van der Waals surface area contributed by atoms with Crippen LogP contribution in [-0.2, 0) is 0 Å². The first-order valence-corrected chi connectivity index (χ1v) is 4.54. The van der Waals surface area contributed by atoms with E-state index in [1.54, 1.807) is 0 Å². The first-order chi connectivity index (χ1) is 5.68. The zero-order chi connectivity index (χ0) is 8.72. The Balaban J connectivity index is 2.19. The van der Waals surface area contributed by atoms with Crippen molar-refractivity contribution in [1.29, 1.82) is 0 Å². The van der Waals surface area contributed by atoms with Gasteiger partial charge in [-0.15, -0.1) is 0 Å². The van der Waals surface area contributed by atoms with Crippen LogP contribution >= 0.6 is 0 Å². The smallest absolute Gasteiger partial charge is 0.0992 e. The zero-order valence-electron chi connectivity index (χ0n) is 8.12. The Labute approximate surface area is 74.2 Å². The standard InChI is InChI=1S/C9H17N3/c1-8-6-11-4-5-12(8)9(7-11)10(2)3/h6,9H,4-5,7H2,1-3H3. The maximum absolute atomic E-state index is 2.49. The number of fused-ring (bicyclic) bond motifs is 2.